The zero-order chi connectivity index (χ0) is 20.9. The Labute approximate surface area is 172 Å². The fourth-order valence-electron chi connectivity index (χ4n) is 3.17. The van der Waals surface area contributed by atoms with Gasteiger partial charge in [-0.25, -0.2) is 13.5 Å². The molecule has 0 aliphatic carbocycles. The number of halogens is 2. The minimum absolute atomic E-state index is 0.0502. The number of benzene rings is 3. The number of hydrogen-bond donors (Lipinski definition) is 1. The molecule has 1 amide bonds. The lowest BCUT2D eigenvalue weighted by atomic mass is 10.1. The van der Waals surface area contributed by atoms with E-state index in [2.05, 4.69) is 10.4 Å². The molecule has 0 aliphatic rings. The van der Waals surface area contributed by atoms with Gasteiger partial charge in [0.15, 0.2) is 0 Å². The van der Waals surface area contributed by atoms with Crippen LogP contribution in [0.5, 0.6) is 0 Å². The van der Waals surface area contributed by atoms with Crippen molar-refractivity contribution >= 4 is 5.91 Å². The molecule has 4 nitrogen and oxygen atoms in total. The second-order valence-electron chi connectivity index (χ2n) is 6.83. The highest BCUT2D eigenvalue weighted by Crippen LogP contribution is 2.24. The minimum atomic E-state index is -0.406. The summed E-state index contributed by atoms with van der Waals surface area (Å²) in [4.78, 5) is 12.4. The molecule has 1 aromatic heterocycles. The summed E-state index contributed by atoms with van der Waals surface area (Å²) in [6, 6.07) is 21.8. The van der Waals surface area contributed by atoms with E-state index in [4.69, 9.17) is 0 Å². The van der Waals surface area contributed by atoms with Crippen LogP contribution in [0.2, 0.25) is 0 Å². The van der Waals surface area contributed by atoms with E-state index in [0.29, 0.717) is 11.3 Å². The van der Waals surface area contributed by atoms with Crippen molar-refractivity contribution in [2.75, 3.05) is 0 Å². The molecule has 150 valence electrons. The van der Waals surface area contributed by atoms with E-state index in [1.807, 2.05) is 36.5 Å². The Hall–Kier alpha value is -3.80. The smallest absolute Gasteiger partial charge is 0.224 e. The number of hydrogen-bond acceptors (Lipinski definition) is 2. The Morgan fingerprint density at radius 2 is 1.57 bits per heavy atom. The van der Waals surface area contributed by atoms with E-state index < -0.39 is 5.82 Å². The van der Waals surface area contributed by atoms with Crippen LogP contribution in [0.25, 0.3) is 16.9 Å². The first-order valence-electron chi connectivity index (χ1n) is 9.50. The van der Waals surface area contributed by atoms with Crippen LogP contribution in [0.3, 0.4) is 0 Å². The van der Waals surface area contributed by atoms with Crippen LogP contribution in [0.1, 0.15) is 11.1 Å². The number of para-hydroxylation sites is 1. The monoisotopic (exact) mass is 403 g/mol. The molecule has 0 unspecified atom stereocenters. The van der Waals surface area contributed by atoms with Crippen LogP contribution in [0, 0.1) is 11.6 Å². The Morgan fingerprint density at radius 3 is 2.30 bits per heavy atom. The summed E-state index contributed by atoms with van der Waals surface area (Å²) < 4.78 is 28.9. The second kappa shape index (κ2) is 8.69. The molecule has 0 aliphatic heterocycles. The number of rotatable bonds is 6. The van der Waals surface area contributed by atoms with Crippen LogP contribution in [-0.4, -0.2) is 15.7 Å². The number of nitrogens with one attached hydrogen (secondary N) is 1. The first kappa shape index (κ1) is 19.5. The molecule has 0 radical (unpaired) electrons. The molecule has 0 saturated heterocycles. The van der Waals surface area contributed by atoms with Crippen LogP contribution >= 0.6 is 0 Å². The highest BCUT2D eigenvalue weighted by Gasteiger charge is 2.14. The van der Waals surface area contributed by atoms with E-state index >= 15 is 0 Å². The predicted molar refractivity (Wildman–Crippen MR) is 111 cm³/mol. The molecular formula is C24H19F2N3O. The average molecular weight is 403 g/mol. The van der Waals surface area contributed by atoms with Crippen LogP contribution in [0.15, 0.2) is 85.1 Å². The molecule has 0 saturated carbocycles. The lowest BCUT2D eigenvalue weighted by Crippen LogP contribution is -2.25. The average Bonchev–Trinajstić information content (AvgIpc) is 3.19. The molecule has 0 spiro atoms. The molecule has 4 rings (SSSR count). The Morgan fingerprint density at radius 1 is 0.867 bits per heavy atom. The summed E-state index contributed by atoms with van der Waals surface area (Å²) in [6.07, 6.45) is 1.78. The predicted octanol–water partition coefficient (Wildman–Crippen LogP) is 4.68. The molecule has 0 fully saturated rings. The molecular weight excluding hydrogens is 384 g/mol. The Bertz CT molecular complexity index is 1150. The molecule has 1 N–H and O–H groups in total. The zero-order valence-corrected chi connectivity index (χ0v) is 16.1. The number of carbonyl (C=O) groups is 1. The molecule has 0 bridgehead atoms. The highest BCUT2D eigenvalue weighted by atomic mass is 19.1. The van der Waals surface area contributed by atoms with Gasteiger partial charge in [0.05, 0.1) is 17.8 Å². The van der Waals surface area contributed by atoms with Gasteiger partial charge < -0.3 is 5.32 Å². The maximum atomic E-state index is 13.8. The molecule has 4 aromatic rings. The van der Waals surface area contributed by atoms with Crippen molar-refractivity contribution in [2.45, 2.75) is 13.0 Å². The van der Waals surface area contributed by atoms with E-state index in [9.17, 15) is 13.6 Å². The fourth-order valence-corrected chi connectivity index (χ4v) is 3.17. The van der Waals surface area contributed by atoms with Crippen molar-refractivity contribution in [2.24, 2.45) is 0 Å². The van der Waals surface area contributed by atoms with Gasteiger partial charge >= 0.3 is 0 Å². The van der Waals surface area contributed by atoms with Gasteiger partial charge in [-0.15, -0.1) is 0 Å². The van der Waals surface area contributed by atoms with E-state index in [0.717, 1.165) is 16.8 Å². The fraction of sp³-hybridized carbons (Fsp3) is 0.0833. The normalized spacial score (nSPS) is 10.7. The quantitative estimate of drug-likeness (QED) is 0.508. The molecule has 30 heavy (non-hydrogen) atoms. The summed E-state index contributed by atoms with van der Waals surface area (Å²) in [7, 11) is 0. The lowest BCUT2D eigenvalue weighted by Gasteiger charge is -2.06. The maximum Gasteiger partial charge on any atom is 0.224 e. The molecule has 6 heteroatoms. The second-order valence-corrected chi connectivity index (χ2v) is 6.83. The number of nitrogens with zero attached hydrogens (tertiary/aromatic N) is 2. The summed E-state index contributed by atoms with van der Waals surface area (Å²) in [6.45, 7) is 0.215. The third-order valence-corrected chi connectivity index (χ3v) is 4.71. The van der Waals surface area contributed by atoms with Crippen molar-refractivity contribution in [3.05, 3.63) is 108 Å². The molecule has 0 atom stereocenters. The van der Waals surface area contributed by atoms with Crippen molar-refractivity contribution < 1.29 is 13.6 Å². The SMILES string of the molecule is O=C(Cc1ccccc1F)NCc1cn(-c2ccccc2)nc1-c1ccc(F)cc1. The summed E-state index contributed by atoms with van der Waals surface area (Å²) in [5.74, 6) is -1.03. The topological polar surface area (TPSA) is 46.9 Å². The third kappa shape index (κ3) is 4.43. The van der Waals surface area contributed by atoms with Crippen molar-refractivity contribution in [3.8, 4) is 16.9 Å². The van der Waals surface area contributed by atoms with Gasteiger partial charge in [-0.1, -0.05) is 36.4 Å². The number of amides is 1. The van der Waals surface area contributed by atoms with Gasteiger partial charge in [-0.2, -0.15) is 5.10 Å². The standard InChI is InChI=1S/C24H19F2N3O/c25-20-12-10-17(11-13-20)24-19(16-29(28-24)21-7-2-1-3-8-21)15-27-23(30)14-18-6-4-5-9-22(18)26/h1-13,16H,14-15H2,(H,27,30). The molecule has 1 heterocycles. The summed E-state index contributed by atoms with van der Waals surface area (Å²) in [5.41, 5.74) is 3.36. The van der Waals surface area contributed by atoms with Crippen LogP contribution < -0.4 is 5.32 Å². The first-order valence-corrected chi connectivity index (χ1v) is 9.50. The van der Waals surface area contributed by atoms with Gasteiger partial charge in [0.25, 0.3) is 0 Å². The zero-order valence-electron chi connectivity index (χ0n) is 16.1. The highest BCUT2D eigenvalue weighted by molar-refractivity contribution is 5.79. The van der Waals surface area contributed by atoms with E-state index in [-0.39, 0.29) is 24.7 Å². The van der Waals surface area contributed by atoms with Crippen LogP contribution in [0.4, 0.5) is 8.78 Å². The number of carbonyl (C=O) groups excluding carboxylic acids is 1. The van der Waals surface area contributed by atoms with Crippen molar-refractivity contribution in [1.29, 1.82) is 0 Å². The van der Waals surface area contributed by atoms with E-state index in [1.54, 1.807) is 35.0 Å². The Kier molecular flexibility index (Phi) is 5.66. The summed E-state index contributed by atoms with van der Waals surface area (Å²) >= 11 is 0. The number of aromatic nitrogens is 2. The van der Waals surface area contributed by atoms with Gasteiger partial charge in [-0.3, -0.25) is 4.79 Å². The van der Waals surface area contributed by atoms with Gasteiger partial charge in [0.1, 0.15) is 11.6 Å². The maximum absolute atomic E-state index is 13.8. The van der Waals surface area contributed by atoms with Gasteiger partial charge in [0.2, 0.25) is 5.91 Å². The van der Waals surface area contributed by atoms with Crippen molar-refractivity contribution in [1.82, 2.24) is 15.1 Å². The van der Waals surface area contributed by atoms with Crippen molar-refractivity contribution in [3.63, 3.8) is 0 Å². The molecule has 3 aromatic carbocycles. The summed E-state index contributed by atoms with van der Waals surface area (Å²) in [5, 5.41) is 7.47. The van der Waals surface area contributed by atoms with Crippen LogP contribution in [-0.2, 0) is 17.8 Å². The lowest BCUT2D eigenvalue weighted by molar-refractivity contribution is -0.120. The first-order chi connectivity index (χ1) is 14.6. The third-order valence-electron chi connectivity index (χ3n) is 4.71. The van der Waals surface area contributed by atoms with E-state index in [1.165, 1.54) is 18.2 Å². The largest absolute Gasteiger partial charge is 0.352 e. The van der Waals surface area contributed by atoms with Gasteiger partial charge in [-0.05, 0) is 48.0 Å². The minimum Gasteiger partial charge on any atom is -0.352 e. The van der Waals surface area contributed by atoms with Gasteiger partial charge in [0, 0.05) is 23.9 Å². The Balaban J connectivity index is 1.58.